The Hall–Kier alpha value is -3.16. The molecule has 0 aliphatic carbocycles. The zero-order chi connectivity index (χ0) is 19.3. The number of aromatic nitrogens is 2. The van der Waals surface area contributed by atoms with Crippen LogP contribution in [0.1, 0.15) is 18.0 Å². The summed E-state index contributed by atoms with van der Waals surface area (Å²) in [5, 5.41) is 0. The summed E-state index contributed by atoms with van der Waals surface area (Å²) >= 11 is 0. The number of fused-ring (bicyclic) bond motifs is 5. The van der Waals surface area contributed by atoms with Gasteiger partial charge in [0, 0.05) is 43.5 Å². The summed E-state index contributed by atoms with van der Waals surface area (Å²) in [5.74, 6) is 0.930. The van der Waals surface area contributed by atoms with Gasteiger partial charge in [-0.05, 0) is 30.5 Å². The number of rotatable bonds is 2. The van der Waals surface area contributed by atoms with Gasteiger partial charge in [-0.15, -0.1) is 0 Å². The fourth-order valence-corrected chi connectivity index (χ4v) is 4.53. The lowest BCUT2D eigenvalue weighted by Gasteiger charge is -2.43. The summed E-state index contributed by atoms with van der Waals surface area (Å²) in [5.41, 5.74) is 1.02. The Morgan fingerprint density at radius 1 is 1.14 bits per heavy atom. The number of carbonyl (C=O) groups is 2. The molecule has 8 heteroatoms. The second kappa shape index (κ2) is 6.47. The van der Waals surface area contributed by atoms with Crippen LogP contribution < -0.4 is 15.2 Å². The van der Waals surface area contributed by atoms with Crippen molar-refractivity contribution >= 4 is 17.6 Å². The van der Waals surface area contributed by atoms with E-state index in [0.717, 1.165) is 12.1 Å². The average molecular weight is 380 g/mol. The van der Waals surface area contributed by atoms with Gasteiger partial charge in [0.1, 0.15) is 6.54 Å². The summed E-state index contributed by atoms with van der Waals surface area (Å²) in [7, 11) is 0. The van der Waals surface area contributed by atoms with Crippen LogP contribution in [-0.2, 0) is 16.1 Å². The monoisotopic (exact) mass is 380 g/mol. The van der Waals surface area contributed by atoms with Gasteiger partial charge in [-0.25, -0.2) is 4.98 Å². The second-order valence-electron chi connectivity index (χ2n) is 7.59. The molecule has 3 aliphatic heterocycles. The lowest BCUT2D eigenvalue weighted by molar-refractivity contribution is -0.134. The largest absolute Gasteiger partial charge is 0.480 e. The Morgan fingerprint density at radius 3 is 2.93 bits per heavy atom. The first kappa shape index (κ1) is 17.0. The van der Waals surface area contributed by atoms with Crippen LogP contribution in [0.5, 0.6) is 5.75 Å². The Balaban J connectivity index is 1.36. The quantitative estimate of drug-likeness (QED) is 0.762. The Kier molecular flexibility index (Phi) is 3.92. The maximum absolute atomic E-state index is 13.0. The SMILES string of the molecule is O=C(CN1C(=O)COc2cccnc21)N1CC2CC(C1)c1cccc(=O)n1C2. The number of hydrogen-bond acceptors (Lipinski definition) is 5. The molecular weight excluding hydrogens is 360 g/mol. The molecule has 2 aromatic rings. The summed E-state index contributed by atoms with van der Waals surface area (Å²) < 4.78 is 7.23. The Labute approximate surface area is 161 Å². The molecule has 0 spiro atoms. The average Bonchev–Trinajstić information content (AvgIpc) is 2.71. The Morgan fingerprint density at radius 2 is 2.04 bits per heavy atom. The van der Waals surface area contributed by atoms with E-state index in [1.165, 1.54) is 4.90 Å². The fourth-order valence-electron chi connectivity index (χ4n) is 4.53. The van der Waals surface area contributed by atoms with Crippen LogP contribution >= 0.6 is 0 Å². The lowest BCUT2D eigenvalue weighted by Crippen LogP contribution is -2.53. The summed E-state index contributed by atoms with van der Waals surface area (Å²) in [6, 6.07) is 8.82. The number of carbonyl (C=O) groups excluding carboxylic acids is 2. The molecule has 28 heavy (non-hydrogen) atoms. The summed E-state index contributed by atoms with van der Waals surface area (Å²) in [6.45, 7) is 1.66. The van der Waals surface area contributed by atoms with E-state index in [4.69, 9.17) is 4.74 Å². The smallest absolute Gasteiger partial charge is 0.266 e. The molecule has 0 N–H and O–H groups in total. The van der Waals surface area contributed by atoms with Crippen LogP contribution in [0, 0.1) is 5.92 Å². The van der Waals surface area contributed by atoms with Crippen molar-refractivity contribution in [3.63, 3.8) is 0 Å². The van der Waals surface area contributed by atoms with E-state index >= 15 is 0 Å². The molecule has 2 unspecified atom stereocenters. The van der Waals surface area contributed by atoms with Gasteiger partial charge in [0.05, 0.1) is 0 Å². The molecule has 8 nitrogen and oxygen atoms in total. The highest BCUT2D eigenvalue weighted by Gasteiger charge is 2.37. The first-order valence-corrected chi connectivity index (χ1v) is 9.46. The molecule has 2 atom stereocenters. The third-order valence-electron chi connectivity index (χ3n) is 5.78. The van der Waals surface area contributed by atoms with Crippen LogP contribution in [0.25, 0.3) is 0 Å². The highest BCUT2D eigenvalue weighted by molar-refractivity contribution is 6.01. The fraction of sp³-hybridized carbons (Fsp3) is 0.400. The molecule has 0 radical (unpaired) electrons. The van der Waals surface area contributed by atoms with Crippen molar-refractivity contribution in [3.8, 4) is 5.75 Å². The van der Waals surface area contributed by atoms with Gasteiger partial charge in [0.25, 0.3) is 11.5 Å². The van der Waals surface area contributed by atoms with E-state index in [1.807, 2.05) is 15.5 Å². The second-order valence-corrected chi connectivity index (χ2v) is 7.59. The van der Waals surface area contributed by atoms with E-state index in [2.05, 4.69) is 4.98 Å². The number of likely N-dealkylation sites (tertiary alicyclic amines) is 1. The summed E-state index contributed by atoms with van der Waals surface area (Å²) in [4.78, 5) is 44.9. The van der Waals surface area contributed by atoms with Crippen molar-refractivity contribution in [1.82, 2.24) is 14.5 Å². The first-order valence-electron chi connectivity index (χ1n) is 9.46. The molecule has 0 aromatic carbocycles. The zero-order valence-corrected chi connectivity index (χ0v) is 15.3. The van der Waals surface area contributed by atoms with Crippen molar-refractivity contribution in [1.29, 1.82) is 0 Å². The van der Waals surface area contributed by atoms with E-state index in [1.54, 1.807) is 30.5 Å². The first-order chi connectivity index (χ1) is 13.6. The lowest BCUT2D eigenvalue weighted by atomic mass is 9.83. The standard InChI is InChI=1S/C20H20N4O4/c25-17-5-1-3-15-14-7-13(9-23(15)17)8-22(10-14)18(26)11-24-19(27)12-28-16-4-2-6-21-20(16)24/h1-6,13-14H,7-12H2. The van der Waals surface area contributed by atoms with Gasteiger partial charge >= 0.3 is 0 Å². The topological polar surface area (TPSA) is 84.7 Å². The van der Waals surface area contributed by atoms with Crippen molar-refractivity contribution < 1.29 is 14.3 Å². The minimum atomic E-state index is -0.270. The summed E-state index contributed by atoms with van der Waals surface area (Å²) in [6.07, 6.45) is 2.56. The molecule has 1 fully saturated rings. The number of nitrogens with zero attached hydrogens (tertiary/aromatic N) is 4. The predicted molar refractivity (Wildman–Crippen MR) is 100 cm³/mol. The molecular formula is C20H20N4O4. The van der Waals surface area contributed by atoms with Crippen LogP contribution in [0.3, 0.4) is 0 Å². The van der Waals surface area contributed by atoms with E-state index in [0.29, 0.717) is 31.2 Å². The maximum atomic E-state index is 13.0. The number of hydrogen-bond donors (Lipinski definition) is 0. The molecule has 3 aliphatic rings. The molecule has 5 heterocycles. The highest BCUT2D eigenvalue weighted by Crippen LogP contribution is 2.35. The molecule has 5 rings (SSSR count). The number of piperidine rings is 1. The van der Waals surface area contributed by atoms with Gasteiger partial charge in [-0.2, -0.15) is 0 Å². The van der Waals surface area contributed by atoms with Crippen LogP contribution in [0.2, 0.25) is 0 Å². The normalized spacial score (nSPS) is 22.9. The van der Waals surface area contributed by atoms with E-state index in [-0.39, 0.29) is 42.4 Å². The number of amides is 2. The minimum absolute atomic E-state index is 0.0218. The molecule has 1 saturated heterocycles. The minimum Gasteiger partial charge on any atom is -0.480 e. The predicted octanol–water partition coefficient (Wildman–Crippen LogP) is 0.615. The van der Waals surface area contributed by atoms with E-state index in [9.17, 15) is 14.4 Å². The van der Waals surface area contributed by atoms with Gasteiger partial charge in [0.15, 0.2) is 18.2 Å². The van der Waals surface area contributed by atoms with Crippen molar-refractivity contribution in [3.05, 3.63) is 52.6 Å². The molecule has 2 bridgehead atoms. The number of anilines is 1. The van der Waals surface area contributed by atoms with Gasteiger partial charge in [0.2, 0.25) is 5.91 Å². The number of pyridine rings is 2. The van der Waals surface area contributed by atoms with Gasteiger partial charge < -0.3 is 14.2 Å². The Bertz CT molecular complexity index is 1020. The van der Waals surface area contributed by atoms with Crippen LogP contribution in [0.15, 0.2) is 41.3 Å². The molecule has 144 valence electrons. The van der Waals surface area contributed by atoms with Gasteiger partial charge in [-0.3, -0.25) is 19.3 Å². The third kappa shape index (κ3) is 2.76. The zero-order valence-electron chi connectivity index (χ0n) is 15.3. The maximum Gasteiger partial charge on any atom is 0.266 e. The van der Waals surface area contributed by atoms with Gasteiger partial charge in [-0.1, -0.05) is 6.07 Å². The molecule has 2 amide bonds. The highest BCUT2D eigenvalue weighted by atomic mass is 16.5. The van der Waals surface area contributed by atoms with E-state index < -0.39 is 0 Å². The van der Waals surface area contributed by atoms with Crippen molar-refractivity contribution in [2.45, 2.75) is 18.9 Å². The van der Waals surface area contributed by atoms with Crippen LogP contribution in [0.4, 0.5) is 5.82 Å². The number of ether oxygens (including phenoxy) is 1. The van der Waals surface area contributed by atoms with Crippen molar-refractivity contribution in [2.75, 3.05) is 31.1 Å². The molecule has 2 aromatic heterocycles. The van der Waals surface area contributed by atoms with Crippen molar-refractivity contribution in [2.24, 2.45) is 5.92 Å². The van der Waals surface area contributed by atoms with Crippen LogP contribution in [-0.4, -0.2) is 52.5 Å². The molecule has 0 saturated carbocycles. The third-order valence-corrected chi connectivity index (χ3v) is 5.78.